The van der Waals surface area contributed by atoms with Gasteiger partial charge >= 0.3 is 16.5 Å². The van der Waals surface area contributed by atoms with E-state index in [-0.39, 0.29) is 49.7 Å². The van der Waals surface area contributed by atoms with Gasteiger partial charge in [0.1, 0.15) is 11.5 Å². The first-order valence-electron chi connectivity index (χ1n) is 15.3. The van der Waals surface area contributed by atoms with Crippen LogP contribution in [0.1, 0.15) is 133 Å². The van der Waals surface area contributed by atoms with Crippen LogP contribution in [0, 0.1) is 16.7 Å². The van der Waals surface area contributed by atoms with Gasteiger partial charge in [0.15, 0.2) is 0 Å². The summed E-state index contributed by atoms with van der Waals surface area (Å²) in [4.78, 5) is 1.56. The summed E-state index contributed by atoms with van der Waals surface area (Å²) < 4.78 is 0. The number of aromatic hydroxyl groups is 2. The minimum Gasteiger partial charge on any atom is -0.507 e. The molecule has 0 radical (unpaired) electrons. The van der Waals surface area contributed by atoms with Crippen molar-refractivity contribution < 1.29 is 26.7 Å². The SMILES string of the molecule is CC(C)(C)CC(C)(C)c1ccc(O)c(Sc2cc(C(C)(C)CC(C)(C)C)ccc2O)c1.CCCCC(CC)CN.[Ni+2]. The van der Waals surface area contributed by atoms with Crippen LogP contribution in [-0.4, -0.2) is 16.8 Å². The molecule has 236 valence electrons. The average molecular weight is 631 g/mol. The third-order valence-electron chi connectivity index (χ3n) is 7.52. The van der Waals surface area contributed by atoms with Crippen LogP contribution < -0.4 is 5.73 Å². The fourth-order valence-electron chi connectivity index (χ4n) is 5.99. The number of unbranched alkanes of at least 4 members (excludes halogenated alkanes) is 1. The summed E-state index contributed by atoms with van der Waals surface area (Å²) in [6.45, 7) is 27.9. The van der Waals surface area contributed by atoms with Crippen LogP contribution in [0.5, 0.6) is 11.5 Å². The maximum atomic E-state index is 10.6. The fraction of sp³-hybridized carbons (Fsp3) is 0.667. The van der Waals surface area contributed by atoms with E-state index >= 15 is 0 Å². The molecular weight excluding hydrogens is 569 g/mol. The van der Waals surface area contributed by atoms with Crippen molar-refractivity contribution in [3.63, 3.8) is 0 Å². The van der Waals surface area contributed by atoms with Crippen molar-refractivity contribution in [3.8, 4) is 11.5 Å². The first-order chi connectivity index (χ1) is 18.2. The molecule has 0 spiro atoms. The van der Waals surface area contributed by atoms with Crippen molar-refractivity contribution in [1.82, 2.24) is 0 Å². The molecule has 41 heavy (non-hydrogen) atoms. The second-order valence-electron chi connectivity index (χ2n) is 15.4. The molecule has 0 amide bonds. The Hall–Kier alpha value is -1.16. The molecule has 0 bridgehead atoms. The van der Waals surface area contributed by atoms with Crippen molar-refractivity contribution in [2.75, 3.05) is 6.54 Å². The molecule has 0 aliphatic carbocycles. The second kappa shape index (κ2) is 16.6. The molecule has 0 aliphatic heterocycles. The molecule has 0 saturated heterocycles. The summed E-state index contributed by atoms with van der Waals surface area (Å²) in [5.74, 6) is 1.28. The number of phenolic OH excluding ortho intramolecular Hbond substituents is 2. The number of nitrogens with two attached hydrogens (primary N) is 1. The molecule has 4 N–H and O–H groups in total. The van der Waals surface area contributed by atoms with Crippen molar-refractivity contribution >= 4 is 11.8 Å². The minimum atomic E-state index is -0.0140. The fourth-order valence-corrected chi connectivity index (χ4v) is 6.94. The maximum Gasteiger partial charge on any atom is 2.00 e. The predicted molar refractivity (Wildman–Crippen MR) is 177 cm³/mol. The van der Waals surface area contributed by atoms with E-state index in [4.69, 9.17) is 5.73 Å². The number of benzene rings is 2. The third-order valence-corrected chi connectivity index (χ3v) is 8.62. The number of hydrogen-bond donors (Lipinski definition) is 3. The Morgan fingerprint density at radius 1 is 0.707 bits per heavy atom. The van der Waals surface area contributed by atoms with Crippen LogP contribution in [0.3, 0.4) is 0 Å². The Kier molecular flexibility index (Phi) is 16.2. The molecule has 2 aromatic carbocycles. The van der Waals surface area contributed by atoms with Crippen LogP contribution in [-0.2, 0) is 27.3 Å². The van der Waals surface area contributed by atoms with Gasteiger partial charge in [0.05, 0.1) is 9.79 Å². The zero-order valence-electron chi connectivity index (χ0n) is 28.2. The van der Waals surface area contributed by atoms with Gasteiger partial charge in [-0.25, -0.2) is 0 Å². The molecule has 2 rings (SSSR count). The minimum absolute atomic E-state index is 0. The Morgan fingerprint density at radius 2 is 1.10 bits per heavy atom. The van der Waals surface area contributed by atoms with E-state index < -0.39 is 0 Å². The molecule has 1 atom stereocenters. The summed E-state index contributed by atoms with van der Waals surface area (Å²) in [7, 11) is 0. The second-order valence-corrected chi connectivity index (χ2v) is 16.4. The normalized spacial score (nSPS) is 13.2. The largest absolute Gasteiger partial charge is 2.00 e. The molecule has 0 fully saturated rings. The number of phenols is 2. The van der Waals surface area contributed by atoms with Gasteiger partial charge in [-0.2, -0.15) is 0 Å². The summed E-state index contributed by atoms with van der Waals surface area (Å²) in [5.41, 5.74) is 8.31. The van der Waals surface area contributed by atoms with E-state index in [0.29, 0.717) is 0 Å². The predicted octanol–water partition coefficient (Wildman–Crippen LogP) is 10.8. The molecule has 1 unspecified atom stereocenters. The van der Waals surface area contributed by atoms with E-state index in [1.54, 1.807) is 12.1 Å². The topological polar surface area (TPSA) is 66.5 Å². The molecule has 0 heterocycles. The first kappa shape index (κ1) is 39.8. The average Bonchev–Trinajstić information content (AvgIpc) is 2.79. The Bertz CT molecular complexity index is 971. The molecular formula is C36H61NNiO2S+2. The van der Waals surface area contributed by atoms with Crippen LogP contribution in [0.15, 0.2) is 46.2 Å². The van der Waals surface area contributed by atoms with Crippen molar-refractivity contribution in [2.45, 2.75) is 142 Å². The standard InChI is InChI=1S/C28H42O2S.C8H19N.Ni/c1-25(2,3)17-27(7,8)19-11-13-21(29)23(15-19)31-24-16-20(12-14-22(24)30)28(9,10)18-26(4,5)6;1-3-5-6-8(4-2)7-9;/h11-16,29-30H,17-18H2,1-10H3;8H,3-7,9H2,1-2H3;/q;;+2. The molecule has 2 aromatic rings. The van der Waals surface area contributed by atoms with Gasteiger partial charge in [0.2, 0.25) is 0 Å². The van der Waals surface area contributed by atoms with E-state index in [0.717, 1.165) is 35.1 Å². The molecule has 5 heteroatoms. The van der Waals surface area contributed by atoms with Gasteiger partial charge in [-0.3, -0.25) is 0 Å². The smallest absolute Gasteiger partial charge is 0.507 e. The van der Waals surface area contributed by atoms with Crippen LogP contribution in [0.2, 0.25) is 0 Å². The number of rotatable bonds is 11. The monoisotopic (exact) mass is 629 g/mol. The Labute approximate surface area is 267 Å². The van der Waals surface area contributed by atoms with Gasteiger partial charge in [-0.05, 0) is 88.8 Å². The van der Waals surface area contributed by atoms with Gasteiger partial charge in [-0.1, -0.05) is 126 Å². The van der Waals surface area contributed by atoms with Crippen LogP contribution in [0.4, 0.5) is 0 Å². The van der Waals surface area contributed by atoms with Gasteiger partial charge in [0, 0.05) is 0 Å². The summed E-state index contributed by atoms with van der Waals surface area (Å²) in [5, 5.41) is 21.1. The first-order valence-corrected chi connectivity index (χ1v) is 16.1. The third kappa shape index (κ3) is 14.2. The summed E-state index contributed by atoms with van der Waals surface area (Å²) >= 11 is 1.44. The van der Waals surface area contributed by atoms with Gasteiger partial charge in [-0.15, -0.1) is 0 Å². The zero-order valence-corrected chi connectivity index (χ0v) is 30.0. The Morgan fingerprint density at radius 3 is 1.39 bits per heavy atom. The van der Waals surface area contributed by atoms with Crippen LogP contribution >= 0.6 is 11.8 Å². The molecule has 0 aromatic heterocycles. The van der Waals surface area contributed by atoms with Crippen LogP contribution in [0.25, 0.3) is 0 Å². The van der Waals surface area contributed by atoms with E-state index in [1.807, 2.05) is 12.1 Å². The summed E-state index contributed by atoms with van der Waals surface area (Å²) in [6.07, 6.45) is 7.29. The molecule has 0 aliphatic rings. The molecule has 3 nitrogen and oxygen atoms in total. The maximum absolute atomic E-state index is 10.6. The van der Waals surface area contributed by atoms with Crippen molar-refractivity contribution in [1.29, 1.82) is 0 Å². The van der Waals surface area contributed by atoms with Crippen molar-refractivity contribution in [2.24, 2.45) is 22.5 Å². The quantitative estimate of drug-likeness (QED) is 0.216. The Balaban J connectivity index is 0.00000138. The van der Waals surface area contributed by atoms with E-state index in [2.05, 4.69) is 95.2 Å². The van der Waals surface area contributed by atoms with Crippen molar-refractivity contribution in [3.05, 3.63) is 47.5 Å². The van der Waals surface area contributed by atoms with E-state index in [9.17, 15) is 10.2 Å². The summed E-state index contributed by atoms with van der Waals surface area (Å²) in [6, 6.07) is 11.8. The molecule has 0 saturated carbocycles. The van der Waals surface area contributed by atoms with Gasteiger partial charge < -0.3 is 15.9 Å². The zero-order chi connectivity index (χ0) is 30.9. The van der Waals surface area contributed by atoms with Gasteiger partial charge in [0.25, 0.3) is 0 Å². The number of hydrogen-bond acceptors (Lipinski definition) is 4. The van der Waals surface area contributed by atoms with E-state index in [1.165, 1.54) is 48.6 Å².